The first-order valence-corrected chi connectivity index (χ1v) is 23.7. The molecule has 0 bridgehead atoms. The number of fused-ring (bicyclic) bond motifs is 5. The third kappa shape index (κ3) is 8.20. The van der Waals surface area contributed by atoms with Gasteiger partial charge in [0.1, 0.15) is 12.4 Å². The van der Waals surface area contributed by atoms with Crippen LogP contribution in [-0.2, 0) is 39.0 Å². The summed E-state index contributed by atoms with van der Waals surface area (Å²) in [6, 6.07) is 7.48. The summed E-state index contributed by atoms with van der Waals surface area (Å²) in [5, 5.41) is 3.79. The predicted molar refractivity (Wildman–Crippen MR) is 240 cm³/mol. The van der Waals surface area contributed by atoms with Crippen molar-refractivity contribution in [2.75, 3.05) is 6.61 Å². The summed E-state index contributed by atoms with van der Waals surface area (Å²) >= 11 is 6.19. The van der Waals surface area contributed by atoms with E-state index in [1.165, 1.54) is 0 Å². The number of carbonyl (C=O) groups is 5. The highest BCUT2D eigenvalue weighted by atomic mass is 35.5. The van der Waals surface area contributed by atoms with Crippen LogP contribution in [0.15, 0.2) is 35.4 Å². The Balaban J connectivity index is 1.25. The van der Waals surface area contributed by atoms with E-state index >= 15 is 0 Å². The van der Waals surface area contributed by atoms with Gasteiger partial charge in [-0.25, -0.2) is 0 Å². The molecule has 6 rings (SSSR count). The van der Waals surface area contributed by atoms with Gasteiger partial charge in [-0.3, -0.25) is 19.2 Å². The number of carbonyl (C=O) groups excluding carboxylic acids is 5. The van der Waals surface area contributed by atoms with Crippen LogP contribution in [0, 0.1) is 61.6 Å². The van der Waals surface area contributed by atoms with Crippen molar-refractivity contribution in [2.45, 2.75) is 179 Å². The summed E-state index contributed by atoms with van der Waals surface area (Å²) in [7, 11) is 0. The van der Waals surface area contributed by atoms with Gasteiger partial charge in [-0.15, -0.1) is 0 Å². The molecule has 0 radical (unpaired) electrons. The van der Waals surface area contributed by atoms with Gasteiger partial charge >= 0.3 is 11.9 Å². The van der Waals surface area contributed by atoms with Crippen molar-refractivity contribution in [3.63, 3.8) is 0 Å². The highest BCUT2D eigenvalue weighted by Gasteiger charge is 2.70. The summed E-state index contributed by atoms with van der Waals surface area (Å²) in [6.07, 6.45) is 8.87. The maximum Gasteiger partial charge on any atom is 0.312 e. The molecule has 5 aliphatic rings. The van der Waals surface area contributed by atoms with E-state index in [0.29, 0.717) is 23.3 Å². The maximum absolute atomic E-state index is 15.0. The monoisotopic (exact) mass is 862 g/mol. The minimum Gasteiger partial charge on any atom is -0.465 e. The summed E-state index contributed by atoms with van der Waals surface area (Å²) < 4.78 is 12.0. The van der Waals surface area contributed by atoms with E-state index < -0.39 is 28.1 Å². The number of ether oxygens (including phenoxy) is 2. The van der Waals surface area contributed by atoms with Crippen LogP contribution in [0.1, 0.15) is 173 Å². The number of benzene rings is 1. The van der Waals surface area contributed by atoms with Crippen LogP contribution in [0.2, 0.25) is 5.02 Å². The molecule has 0 aromatic heterocycles. The van der Waals surface area contributed by atoms with Crippen molar-refractivity contribution >= 4 is 41.5 Å². The number of aldehydes is 1. The number of Topliss-reactive ketones (excluding diaryl/α,β-unsaturated/α-hetero) is 1. The zero-order valence-electron chi connectivity index (χ0n) is 39.7. The number of esters is 2. The van der Waals surface area contributed by atoms with Crippen molar-refractivity contribution in [3.05, 3.63) is 46.0 Å². The minimum atomic E-state index is -1.19. The van der Waals surface area contributed by atoms with Crippen LogP contribution in [0.4, 0.5) is 0 Å². The molecule has 5 aliphatic carbocycles. The van der Waals surface area contributed by atoms with E-state index in [4.69, 9.17) is 21.1 Å². The van der Waals surface area contributed by atoms with Crippen molar-refractivity contribution < 1.29 is 33.4 Å². The smallest absolute Gasteiger partial charge is 0.312 e. The number of rotatable bonds is 12. The number of hydrogen-bond acceptors (Lipinski definition) is 7. The molecule has 9 heteroatoms. The third-order valence-electron chi connectivity index (χ3n) is 17.7. The largest absolute Gasteiger partial charge is 0.465 e. The first-order chi connectivity index (χ1) is 28.1. The fourth-order valence-corrected chi connectivity index (χ4v) is 13.7. The lowest BCUT2D eigenvalue weighted by atomic mass is 9.32. The van der Waals surface area contributed by atoms with Gasteiger partial charge in [0, 0.05) is 16.9 Å². The Hall–Kier alpha value is -3.00. The van der Waals surface area contributed by atoms with E-state index in [-0.39, 0.29) is 76.4 Å². The average Bonchev–Trinajstić information content (AvgIpc) is 3.94. The molecule has 338 valence electrons. The van der Waals surface area contributed by atoms with Crippen molar-refractivity contribution in [1.29, 1.82) is 0 Å². The molecule has 0 heterocycles. The molecule has 5 fully saturated rings. The molecule has 8 nitrogen and oxygen atoms in total. The fourth-order valence-electron chi connectivity index (χ4n) is 13.6. The second-order valence-electron chi connectivity index (χ2n) is 23.7. The highest BCUT2D eigenvalue weighted by molar-refractivity contribution is 6.39. The number of halogens is 1. The number of allylic oxidation sites excluding steroid dienone is 2. The van der Waals surface area contributed by atoms with Gasteiger partial charge < -0.3 is 19.6 Å². The highest BCUT2D eigenvalue weighted by Crippen LogP contribution is 2.76. The van der Waals surface area contributed by atoms with Crippen LogP contribution in [0.3, 0.4) is 0 Å². The van der Waals surface area contributed by atoms with Gasteiger partial charge in [0.2, 0.25) is 5.78 Å². The number of amides is 1. The zero-order valence-corrected chi connectivity index (χ0v) is 40.5. The third-order valence-corrected chi connectivity index (χ3v) is 17.9. The normalized spacial score (nSPS) is 34.8. The Bertz CT molecular complexity index is 1940. The first kappa shape index (κ1) is 47.5. The lowest BCUT2D eigenvalue weighted by molar-refractivity contribution is -0.233. The average molecular weight is 863 g/mol. The number of nitrogens with one attached hydrogen (secondary N) is 1. The molecule has 1 N–H and O–H groups in total. The van der Waals surface area contributed by atoms with E-state index in [2.05, 4.69) is 60.7 Å². The van der Waals surface area contributed by atoms with Crippen LogP contribution < -0.4 is 5.32 Å². The summed E-state index contributed by atoms with van der Waals surface area (Å²) in [5.41, 5.74) is -0.344. The Kier molecular flexibility index (Phi) is 12.6. The van der Waals surface area contributed by atoms with E-state index in [1.807, 2.05) is 45.0 Å². The van der Waals surface area contributed by atoms with Gasteiger partial charge in [0.25, 0.3) is 5.91 Å². The molecule has 0 aliphatic heterocycles. The molecule has 1 amide bonds. The Morgan fingerprint density at radius 1 is 0.836 bits per heavy atom. The molecule has 1 aromatic carbocycles. The van der Waals surface area contributed by atoms with Gasteiger partial charge in [-0.1, -0.05) is 104 Å². The van der Waals surface area contributed by atoms with Crippen molar-refractivity contribution in [2.24, 2.45) is 61.6 Å². The second-order valence-corrected chi connectivity index (χ2v) is 24.2. The first-order valence-electron chi connectivity index (χ1n) is 23.3. The molecule has 5 saturated carbocycles. The molecular weight excluding hydrogens is 786 g/mol. The van der Waals surface area contributed by atoms with Gasteiger partial charge in [-0.2, -0.15) is 0 Å². The standard InChI is InChI=1S/C52H76ClNO7/c1-32(2)33(3)41-36-18-19-38-48(11)22-21-39(61-40(56)30-46(7,8)44(59)60-31-45(4,5)6)47(9,10)37(48)20-23-50(38,13)49(36,12)24-25-51(41,28-29-55)42(57)43(58)54-52(26-27-52)34-14-16-35(53)17-15-34/h14-17,29,32,36-39H,18-28,30-31H2,1-13H3,(H,54,58). The van der Waals surface area contributed by atoms with Crippen molar-refractivity contribution in [3.8, 4) is 0 Å². The second kappa shape index (κ2) is 16.2. The Labute approximate surface area is 371 Å². The van der Waals surface area contributed by atoms with Crippen LogP contribution in [0.5, 0.6) is 0 Å². The molecule has 1 aromatic rings. The molecule has 0 saturated heterocycles. The molecule has 8 atom stereocenters. The van der Waals surface area contributed by atoms with Crippen LogP contribution in [0.25, 0.3) is 0 Å². The van der Waals surface area contributed by atoms with Crippen LogP contribution >= 0.6 is 11.6 Å². The molecule has 0 spiro atoms. The molecule has 61 heavy (non-hydrogen) atoms. The predicted octanol–water partition coefficient (Wildman–Crippen LogP) is 11.5. The molecule has 8 unspecified atom stereocenters. The SMILES string of the molecule is CC(=C1C2CCC3C4(C)CCC(OC(=O)CC(C)(C)C(=O)OCC(C)(C)C)C(C)(C)C4CCC3(C)C2(C)CCC1(CC=O)C(=O)C(=O)NC1(c2ccc(Cl)cc2)CC1)C(C)C. The lowest BCUT2D eigenvalue weighted by Crippen LogP contribution is -2.66. The lowest BCUT2D eigenvalue weighted by Gasteiger charge is -2.72. The zero-order chi connectivity index (χ0) is 45.4. The Morgan fingerprint density at radius 2 is 1.48 bits per heavy atom. The fraction of sp³-hybridized carbons (Fsp3) is 0.750. The van der Waals surface area contributed by atoms with E-state index in [9.17, 15) is 24.0 Å². The topological polar surface area (TPSA) is 116 Å². The van der Waals surface area contributed by atoms with E-state index in [1.54, 1.807) is 13.8 Å². The quantitative estimate of drug-likeness (QED) is 0.0963. The van der Waals surface area contributed by atoms with Gasteiger partial charge in [0.05, 0.1) is 29.4 Å². The summed E-state index contributed by atoms with van der Waals surface area (Å²) in [6.45, 7) is 28.3. The molecular formula is C52H76ClNO7. The minimum absolute atomic E-state index is 0.00267. The van der Waals surface area contributed by atoms with Gasteiger partial charge in [0.15, 0.2) is 0 Å². The summed E-state index contributed by atoms with van der Waals surface area (Å²) in [4.78, 5) is 68.7. The maximum atomic E-state index is 15.0. The van der Waals surface area contributed by atoms with E-state index in [0.717, 1.165) is 80.8 Å². The Morgan fingerprint density at radius 3 is 2.05 bits per heavy atom. The van der Waals surface area contributed by atoms with Crippen LogP contribution in [-0.4, -0.2) is 42.6 Å². The number of ketones is 1. The number of hydrogen-bond donors (Lipinski definition) is 1. The van der Waals surface area contributed by atoms with Gasteiger partial charge in [-0.05, 0) is 148 Å². The van der Waals surface area contributed by atoms with Crippen molar-refractivity contribution in [1.82, 2.24) is 5.32 Å². The summed E-state index contributed by atoms with van der Waals surface area (Å²) in [5.74, 6) is -0.888.